The largest absolute Gasteiger partial charge is 0.452 e. The molecule has 6 heteroatoms. The third-order valence-corrected chi connectivity index (χ3v) is 5.08. The smallest absolute Gasteiger partial charge is 0.255 e. The standard InChI is InChI=1S/C23H15Cl2NO3/c1-13-19-12-18(26-23(28)15-3-2-4-17(25)11-15)9-10-20(19)29-22(13)21(27)14-5-7-16(24)8-6-14/h2-12H,1H3,(H,26,28). The normalized spacial score (nSPS) is 10.9. The monoisotopic (exact) mass is 423 g/mol. The van der Waals surface area contributed by atoms with Crippen molar-refractivity contribution in [3.05, 3.63) is 99.2 Å². The number of anilines is 1. The molecule has 0 unspecified atom stereocenters. The fourth-order valence-electron chi connectivity index (χ4n) is 3.08. The number of benzene rings is 3. The number of amides is 1. The Morgan fingerprint density at radius 3 is 2.34 bits per heavy atom. The summed E-state index contributed by atoms with van der Waals surface area (Å²) in [4.78, 5) is 25.3. The van der Waals surface area contributed by atoms with E-state index in [1.807, 2.05) is 6.92 Å². The lowest BCUT2D eigenvalue weighted by atomic mass is 10.0. The van der Waals surface area contributed by atoms with Gasteiger partial charge in [0.25, 0.3) is 5.91 Å². The van der Waals surface area contributed by atoms with Crippen molar-refractivity contribution in [3.8, 4) is 0 Å². The lowest BCUT2D eigenvalue weighted by Gasteiger charge is -2.05. The minimum Gasteiger partial charge on any atom is -0.452 e. The Labute approximate surface area is 177 Å². The number of hydrogen-bond acceptors (Lipinski definition) is 3. The summed E-state index contributed by atoms with van der Waals surface area (Å²) in [5, 5.41) is 4.65. The second-order valence-corrected chi connectivity index (χ2v) is 7.44. The van der Waals surface area contributed by atoms with Gasteiger partial charge in [-0.3, -0.25) is 9.59 Å². The van der Waals surface area contributed by atoms with Gasteiger partial charge in [0.15, 0.2) is 5.76 Å². The van der Waals surface area contributed by atoms with Gasteiger partial charge in [-0.05, 0) is 67.6 Å². The van der Waals surface area contributed by atoms with E-state index in [1.165, 1.54) is 0 Å². The summed E-state index contributed by atoms with van der Waals surface area (Å²) in [6, 6.07) is 18.6. The Balaban J connectivity index is 1.64. The first kappa shape index (κ1) is 19.2. The van der Waals surface area contributed by atoms with Crippen molar-refractivity contribution in [2.24, 2.45) is 0 Å². The molecular formula is C23H15Cl2NO3. The van der Waals surface area contributed by atoms with Crippen LogP contribution in [0.2, 0.25) is 10.0 Å². The van der Waals surface area contributed by atoms with Crippen LogP contribution in [-0.2, 0) is 0 Å². The van der Waals surface area contributed by atoms with Gasteiger partial charge >= 0.3 is 0 Å². The summed E-state index contributed by atoms with van der Waals surface area (Å²) < 4.78 is 5.79. The first-order valence-corrected chi connectivity index (χ1v) is 9.58. The van der Waals surface area contributed by atoms with Crippen LogP contribution in [0.15, 0.2) is 71.1 Å². The highest BCUT2D eigenvalue weighted by molar-refractivity contribution is 6.31. The third kappa shape index (κ3) is 3.90. The quantitative estimate of drug-likeness (QED) is 0.379. The summed E-state index contributed by atoms with van der Waals surface area (Å²) in [5.74, 6) is -0.231. The number of furan rings is 1. The van der Waals surface area contributed by atoms with Crippen LogP contribution < -0.4 is 5.32 Å². The van der Waals surface area contributed by atoms with Gasteiger partial charge < -0.3 is 9.73 Å². The van der Waals surface area contributed by atoms with Crippen LogP contribution in [-0.4, -0.2) is 11.7 Å². The molecular weight excluding hydrogens is 409 g/mol. The van der Waals surface area contributed by atoms with Crippen molar-refractivity contribution in [2.75, 3.05) is 5.32 Å². The SMILES string of the molecule is Cc1c(C(=O)c2ccc(Cl)cc2)oc2ccc(NC(=O)c3cccc(Cl)c3)cc12. The Morgan fingerprint density at radius 1 is 0.862 bits per heavy atom. The van der Waals surface area contributed by atoms with Crippen LogP contribution in [0.4, 0.5) is 5.69 Å². The molecule has 29 heavy (non-hydrogen) atoms. The van der Waals surface area contributed by atoms with Crippen LogP contribution in [0.25, 0.3) is 11.0 Å². The minimum absolute atomic E-state index is 0.222. The summed E-state index contributed by atoms with van der Waals surface area (Å²) in [6.07, 6.45) is 0. The molecule has 1 amide bonds. The first-order chi connectivity index (χ1) is 13.9. The lowest BCUT2D eigenvalue weighted by Crippen LogP contribution is -2.11. The molecule has 3 aromatic carbocycles. The predicted octanol–water partition coefficient (Wildman–Crippen LogP) is 6.53. The fourth-order valence-corrected chi connectivity index (χ4v) is 3.40. The number of rotatable bonds is 4. The number of aryl methyl sites for hydroxylation is 1. The third-order valence-electron chi connectivity index (χ3n) is 4.59. The number of ketones is 1. The van der Waals surface area contributed by atoms with Gasteiger partial charge in [0.2, 0.25) is 5.78 Å². The van der Waals surface area contributed by atoms with Gasteiger partial charge in [0.1, 0.15) is 5.58 Å². The van der Waals surface area contributed by atoms with Crippen LogP contribution in [0, 0.1) is 6.92 Å². The van der Waals surface area contributed by atoms with E-state index in [4.69, 9.17) is 27.6 Å². The molecule has 0 aliphatic heterocycles. The average Bonchev–Trinajstić information content (AvgIpc) is 3.04. The topological polar surface area (TPSA) is 59.3 Å². The molecule has 1 N–H and O–H groups in total. The minimum atomic E-state index is -0.273. The second kappa shape index (κ2) is 7.74. The molecule has 1 heterocycles. The summed E-state index contributed by atoms with van der Waals surface area (Å²) in [5.41, 5.74) is 2.82. The molecule has 0 radical (unpaired) electrons. The Kier molecular flexibility index (Phi) is 5.14. The van der Waals surface area contributed by atoms with Crippen LogP contribution in [0.3, 0.4) is 0 Å². The number of hydrogen-bond donors (Lipinski definition) is 1. The van der Waals surface area contributed by atoms with E-state index >= 15 is 0 Å². The van der Waals surface area contributed by atoms with Gasteiger partial charge in [-0.25, -0.2) is 0 Å². The molecule has 0 bridgehead atoms. The molecule has 4 nitrogen and oxygen atoms in total. The predicted molar refractivity (Wildman–Crippen MR) is 115 cm³/mol. The molecule has 144 valence electrons. The van der Waals surface area contributed by atoms with Gasteiger partial charge in [-0.15, -0.1) is 0 Å². The molecule has 0 atom stereocenters. The van der Waals surface area contributed by atoms with Crippen molar-refractivity contribution in [2.45, 2.75) is 6.92 Å². The molecule has 0 saturated heterocycles. The molecule has 0 fully saturated rings. The Hall–Kier alpha value is -3.08. The molecule has 0 spiro atoms. The van der Waals surface area contributed by atoms with Crippen molar-refractivity contribution in [1.82, 2.24) is 0 Å². The van der Waals surface area contributed by atoms with Gasteiger partial charge in [0.05, 0.1) is 0 Å². The highest BCUT2D eigenvalue weighted by atomic mass is 35.5. The summed E-state index contributed by atoms with van der Waals surface area (Å²) in [6.45, 7) is 1.82. The molecule has 0 saturated carbocycles. The zero-order valence-electron chi connectivity index (χ0n) is 15.3. The Bertz CT molecular complexity index is 1240. The van der Waals surface area contributed by atoms with Crippen molar-refractivity contribution >= 4 is 51.5 Å². The van der Waals surface area contributed by atoms with Crippen LogP contribution in [0.1, 0.15) is 32.0 Å². The molecule has 4 rings (SSSR count). The average molecular weight is 424 g/mol. The summed E-state index contributed by atoms with van der Waals surface area (Å²) >= 11 is 11.8. The van der Waals surface area contributed by atoms with Gasteiger partial charge in [0, 0.05) is 37.8 Å². The molecule has 0 aliphatic carbocycles. The first-order valence-electron chi connectivity index (χ1n) is 8.83. The number of fused-ring (bicyclic) bond motifs is 1. The number of carbonyl (C=O) groups excluding carboxylic acids is 2. The van der Waals surface area contributed by atoms with E-state index in [2.05, 4.69) is 5.32 Å². The molecule has 4 aromatic rings. The highest BCUT2D eigenvalue weighted by Crippen LogP contribution is 2.30. The maximum atomic E-state index is 12.8. The lowest BCUT2D eigenvalue weighted by molar-refractivity contribution is 0.101. The fraction of sp³-hybridized carbons (Fsp3) is 0.0435. The number of carbonyl (C=O) groups is 2. The van der Waals surface area contributed by atoms with E-state index in [-0.39, 0.29) is 17.5 Å². The van der Waals surface area contributed by atoms with Crippen LogP contribution in [0.5, 0.6) is 0 Å². The zero-order chi connectivity index (χ0) is 20.5. The van der Waals surface area contributed by atoms with Crippen LogP contribution >= 0.6 is 23.2 Å². The Morgan fingerprint density at radius 2 is 1.62 bits per heavy atom. The number of halogens is 2. The van der Waals surface area contributed by atoms with Crippen molar-refractivity contribution in [3.63, 3.8) is 0 Å². The highest BCUT2D eigenvalue weighted by Gasteiger charge is 2.20. The maximum Gasteiger partial charge on any atom is 0.255 e. The van der Waals surface area contributed by atoms with Gasteiger partial charge in [-0.1, -0.05) is 29.3 Å². The van der Waals surface area contributed by atoms with Crippen molar-refractivity contribution in [1.29, 1.82) is 0 Å². The second-order valence-electron chi connectivity index (χ2n) is 6.57. The van der Waals surface area contributed by atoms with E-state index in [9.17, 15) is 9.59 Å². The van der Waals surface area contributed by atoms with E-state index in [1.54, 1.807) is 66.7 Å². The molecule has 0 aliphatic rings. The van der Waals surface area contributed by atoms with E-state index in [0.29, 0.717) is 38.0 Å². The van der Waals surface area contributed by atoms with Gasteiger partial charge in [-0.2, -0.15) is 0 Å². The summed E-state index contributed by atoms with van der Waals surface area (Å²) in [7, 11) is 0. The van der Waals surface area contributed by atoms with E-state index < -0.39 is 0 Å². The van der Waals surface area contributed by atoms with E-state index in [0.717, 1.165) is 5.39 Å². The zero-order valence-corrected chi connectivity index (χ0v) is 16.8. The maximum absolute atomic E-state index is 12.8. The number of nitrogens with one attached hydrogen (secondary N) is 1. The molecule has 1 aromatic heterocycles. The van der Waals surface area contributed by atoms with Crippen molar-refractivity contribution < 1.29 is 14.0 Å².